The van der Waals surface area contributed by atoms with Crippen molar-refractivity contribution >= 4 is 17.5 Å². The maximum Gasteiger partial charge on any atom is 0.256 e. The van der Waals surface area contributed by atoms with Gasteiger partial charge >= 0.3 is 0 Å². The molecule has 0 bridgehead atoms. The van der Waals surface area contributed by atoms with Crippen LogP contribution >= 0.6 is 11.6 Å². The lowest BCUT2D eigenvalue weighted by molar-refractivity contribution is 0.0785. The molecule has 1 aliphatic heterocycles. The summed E-state index contributed by atoms with van der Waals surface area (Å²) in [6.07, 6.45) is 0.893. The second-order valence-electron chi connectivity index (χ2n) is 4.15. The summed E-state index contributed by atoms with van der Waals surface area (Å²) in [7, 11) is 1.86. The molecule has 1 unspecified atom stereocenters. The SMILES string of the molecule is CNC1CCN(C(=O)c2cc(Cl)ccc2F)C1. The second kappa shape index (κ2) is 5.02. The van der Waals surface area contributed by atoms with Crippen LogP contribution in [0.15, 0.2) is 18.2 Å². The summed E-state index contributed by atoms with van der Waals surface area (Å²) in [6.45, 7) is 1.26. The molecule has 2 rings (SSSR count). The van der Waals surface area contributed by atoms with Crippen molar-refractivity contribution in [3.8, 4) is 0 Å². The van der Waals surface area contributed by atoms with E-state index in [1.165, 1.54) is 18.2 Å². The summed E-state index contributed by atoms with van der Waals surface area (Å²) in [6, 6.07) is 4.34. The summed E-state index contributed by atoms with van der Waals surface area (Å²) in [5, 5.41) is 3.49. The lowest BCUT2D eigenvalue weighted by atomic mass is 10.2. The molecule has 1 atom stereocenters. The number of halogens is 2. The number of amides is 1. The minimum absolute atomic E-state index is 0.0502. The second-order valence-corrected chi connectivity index (χ2v) is 4.59. The Morgan fingerprint density at radius 3 is 3.00 bits per heavy atom. The number of likely N-dealkylation sites (N-methyl/N-ethyl adjacent to an activating group) is 1. The highest BCUT2D eigenvalue weighted by Crippen LogP contribution is 2.19. The van der Waals surface area contributed by atoms with Gasteiger partial charge < -0.3 is 10.2 Å². The molecule has 0 spiro atoms. The fourth-order valence-corrected chi connectivity index (χ4v) is 2.18. The molecule has 1 amide bonds. The fraction of sp³-hybridized carbons (Fsp3) is 0.417. The van der Waals surface area contributed by atoms with Crippen LogP contribution in [0.5, 0.6) is 0 Å². The average molecular weight is 257 g/mol. The van der Waals surface area contributed by atoms with Gasteiger partial charge in [-0.25, -0.2) is 4.39 Å². The predicted molar refractivity (Wildman–Crippen MR) is 64.8 cm³/mol. The van der Waals surface area contributed by atoms with Crippen LogP contribution in [-0.4, -0.2) is 37.0 Å². The summed E-state index contributed by atoms with van der Waals surface area (Å²) in [5.74, 6) is -0.810. The highest BCUT2D eigenvalue weighted by atomic mass is 35.5. The topological polar surface area (TPSA) is 32.3 Å². The zero-order valence-electron chi connectivity index (χ0n) is 9.54. The Morgan fingerprint density at radius 2 is 2.35 bits per heavy atom. The van der Waals surface area contributed by atoms with Crippen molar-refractivity contribution in [3.63, 3.8) is 0 Å². The van der Waals surface area contributed by atoms with Crippen molar-refractivity contribution in [1.82, 2.24) is 10.2 Å². The number of carbonyl (C=O) groups excluding carboxylic acids is 1. The third kappa shape index (κ3) is 2.58. The number of likely N-dealkylation sites (tertiary alicyclic amines) is 1. The van der Waals surface area contributed by atoms with E-state index in [0.29, 0.717) is 24.2 Å². The molecule has 92 valence electrons. The third-order valence-electron chi connectivity index (χ3n) is 3.04. The molecule has 1 heterocycles. The Labute approximate surface area is 105 Å². The standard InChI is InChI=1S/C12H14ClFN2O/c1-15-9-4-5-16(7-9)12(17)10-6-8(13)2-3-11(10)14/h2-3,6,9,15H,4-5,7H2,1H3. The molecule has 3 nitrogen and oxygen atoms in total. The molecular weight excluding hydrogens is 243 g/mol. The van der Waals surface area contributed by atoms with Crippen LogP contribution in [0.2, 0.25) is 5.02 Å². The van der Waals surface area contributed by atoms with E-state index in [4.69, 9.17) is 11.6 Å². The van der Waals surface area contributed by atoms with Crippen molar-refractivity contribution in [2.45, 2.75) is 12.5 Å². The Hall–Kier alpha value is -1.13. The van der Waals surface area contributed by atoms with Crippen molar-refractivity contribution in [2.24, 2.45) is 0 Å². The van der Waals surface area contributed by atoms with Crippen LogP contribution in [0.3, 0.4) is 0 Å². The van der Waals surface area contributed by atoms with Gasteiger partial charge in [0, 0.05) is 24.2 Å². The monoisotopic (exact) mass is 256 g/mol. The highest BCUT2D eigenvalue weighted by Gasteiger charge is 2.27. The van der Waals surface area contributed by atoms with Gasteiger partial charge in [-0.15, -0.1) is 0 Å². The molecule has 0 aromatic heterocycles. The van der Waals surface area contributed by atoms with Gasteiger partial charge in [-0.1, -0.05) is 11.6 Å². The molecule has 17 heavy (non-hydrogen) atoms. The molecule has 0 radical (unpaired) electrons. The van der Waals surface area contributed by atoms with Gasteiger partial charge in [0.05, 0.1) is 5.56 Å². The first-order chi connectivity index (χ1) is 8.11. The molecule has 1 N–H and O–H groups in total. The molecule has 5 heteroatoms. The van der Waals surface area contributed by atoms with Crippen molar-refractivity contribution in [3.05, 3.63) is 34.6 Å². The number of nitrogens with one attached hydrogen (secondary N) is 1. The number of hydrogen-bond donors (Lipinski definition) is 1. The summed E-state index contributed by atoms with van der Waals surface area (Å²) in [4.78, 5) is 13.7. The van der Waals surface area contributed by atoms with E-state index < -0.39 is 5.82 Å². The van der Waals surface area contributed by atoms with Gasteiger partial charge in [-0.05, 0) is 31.7 Å². The van der Waals surface area contributed by atoms with Gasteiger partial charge in [-0.2, -0.15) is 0 Å². The quantitative estimate of drug-likeness (QED) is 0.877. The van der Waals surface area contributed by atoms with E-state index >= 15 is 0 Å². The van der Waals surface area contributed by atoms with Gasteiger partial charge in [0.15, 0.2) is 0 Å². The Morgan fingerprint density at radius 1 is 1.59 bits per heavy atom. The number of carbonyl (C=O) groups is 1. The lowest BCUT2D eigenvalue weighted by Gasteiger charge is -2.16. The summed E-state index contributed by atoms with van der Waals surface area (Å²) in [5.41, 5.74) is 0.0502. The maximum atomic E-state index is 13.5. The third-order valence-corrected chi connectivity index (χ3v) is 3.28. The fourth-order valence-electron chi connectivity index (χ4n) is 2.01. The summed E-state index contributed by atoms with van der Waals surface area (Å²) >= 11 is 5.77. The van der Waals surface area contributed by atoms with Gasteiger partial charge in [0.1, 0.15) is 5.82 Å². The molecule has 0 saturated carbocycles. The van der Waals surface area contributed by atoms with Crippen molar-refractivity contribution < 1.29 is 9.18 Å². The first-order valence-corrected chi connectivity index (χ1v) is 5.91. The van der Waals surface area contributed by atoms with E-state index in [-0.39, 0.29) is 11.5 Å². The van der Waals surface area contributed by atoms with E-state index in [2.05, 4.69) is 5.32 Å². The number of benzene rings is 1. The average Bonchev–Trinajstić information content (AvgIpc) is 2.80. The summed E-state index contributed by atoms with van der Waals surface area (Å²) < 4.78 is 13.5. The normalized spacial score (nSPS) is 19.7. The zero-order chi connectivity index (χ0) is 12.4. The molecule has 1 saturated heterocycles. The Balaban J connectivity index is 2.17. The number of rotatable bonds is 2. The maximum absolute atomic E-state index is 13.5. The van der Waals surface area contributed by atoms with Gasteiger partial charge in [0.25, 0.3) is 5.91 Å². The van der Waals surface area contributed by atoms with E-state index in [9.17, 15) is 9.18 Å². The van der Waals surface area contributed by atoms with E-state index in [0.717, 1.165) is 6.42 Å². The van der Waals surface area contributed by atoms with Crippen LogP contribution in [0.4, 0.5) is 4.39 Å². The van der Waals surface area contributed by atoms with E-state index in [1.807, 2.05) is 7.05 Å². The van der Waals surface area contributed by atoms with Crippen molar-refractivity contribution in [1.29, 1.82) is 0 Å². The first-order valence-electron chi connectivity index (χ1n) is 5.53. The largest absolute Gasteiger partial charge is 0.337 e. The molecule has 1 fully saturated rings. The predicted octanol–water partition coefficient (Wildman–Crippen LogP) is 1.91. The molecule has 1 aliphatic rings. The highest BCUT2D eigenvalue weighted by molar-refractivity contribution is 6.31. The van der Waals surface area contributed by atoms with Crippen LogP contribution < -0.4 is 5.32 Å². The molecule has 1 aromatic carbocycles. The Kier molecular flexibility index (Phi) is 3.64. The number of hydrogen-bond acceptors (Lipinski definition) is 2. The minimum atomic E-state index is -0.521. The van der Waals surface area contributed by atoms with E-state index in [1.54, 1.807) is 4.90 Å². The van der Waals surface area contributed by atoms with Crippen LogP contribution in [0.1, 0.15) is 16.8 Å². The number of nitrogens with zero attached hydrogens (tertiary/aromatic N) is 1. The van der Waals surface area contributed by atoms with Gasteiger partial charge in [-0.3, -0.25) is 4.79 Å². The lowest BCUT2D eigenvalue weighted by Crippen LogP contribution is -2.33. The van der Waals surface area contributed by atoms with Crippen LogP contribution in [0, 0.1) is 5.82 Å². The van der Waals surface area contributed by atoms with Gasteiger partial charge in [0.2, 0.25) is 0 Å². The van der Waals surface area contributed by atoms with Crippen molar-refractivity contribution in [2.75, 3.05) is 20.1 Å². The smallest absolute Gasteiger partial charge is 0.256 e. The molecule has 0 aliphatic carbocycles. The zero-order valence-corrected chi connectivity index (χ0v) is 10.3. The molecule has 1 aromatic rings. The molecular formula is C12H14ClFN2O. The minimum Gasteiger partial charge on any atom is -0.337 e. The first kappa shape index (κ1) is 12.3. The van der Waals surface area contributed by atoms with Crippen LogP contribution in [-0.2, 0) is 0 Å². The Bertz CT molecular complexity index is 439. The van der Waals surface area contributed by atoms with Crippen LogP contribution in [0.25, 0.3) is 0 Å².